The number of unbranched alkanes of at least 4 members (excludes halogenated alkanes) is 11. The van der Waals surface area contributed by atoms with Crippen molar-refractivity contribution in [3.05, 3.63) is 0 Å². The highest BCUT2D eigenvalue weighted by Crippen LogP contribution is 2.16. The highest BCUT2D eigenvalue weighted by molar-refractivity contribution is 6.21. The lowest BCUT2D eigenvalue weighted by Gasteiger charge is -2.07. The Kier molecular flexibility index (Phi) is 16.0. The molecule has 0 aromatic rings. The van der Waals surface area contributed by atoms with Crippen LogP contribution >= 0.6 is 11.6 Å². The van der Waals surface area contributed by atoms with E-state index in [4.69, 9.17) is 11.6 Å². The third kappa shape index (κ3) is 16.0. The van der Waals surface area contributed by atoms with Crippen LogP contribution in [0, 0.1) is 0 Å². The zero-order valence-electron chi connectivity index (χ0n) is 14.2. The Morgan fingerprint density at radius 1 is 0.857 bits per heavy atom. The van der Waals surface area contributed by atoms with E-state index in [2.05, 4.69) is 11.7 Å². The molecule has 0 fully saturated rings. The summed E-state index contributed by atoms with van der Waals surface area (Å²) in [4.78, 5) is 11.0. The lowest BCUT2D eigenvalue weighted by atomic mass is 10.0. The maximum absolute atomic E-state index is 11.0. The maximum Gasteiger partial charge on any atom is 0.307 e. The molecule has 0 saturated carbocycles. The Bertz CT molecular complexity index is 231. The highest BCUT2D eigenvalue weighted by Gasteiger charge is 2.10. The van der Waals surface area contributed by atoms with E-state index in [1.54, 1.807) is 0 Å². The molecule has 0 aliphatic rings. The van der Waals surface area contributed by atoms with Gasteiger partial charge in [0, 0.05) is 5.38 Å². The second-order valence-electron chi connectivity index (χ2n) is 6.06. The first kappa shape index (κ1) is 20.8. The molecule has 0 heterocycles. The van der Waals surface area contributed by atoms with Crippen LogP contribution < -0.4 is 0 Å². The van der Waals surface area contributed by atoms with Crippen LogP contribution in [0.2, 0.25) is 0 Å². The Labute approximate surface area is 137 Å². The molecule has 0 radical (unpaired) electrons. The number of carbonyl (C=O) groups excluding carboxylic acids is 1. The van der Waals surface area contributed by atoms with Crippen molar-refractivity contribution in [1.29, 1.82) is 0 Å². The molecule has 0 amide bonds. The highest BCUT2D eigenvalue weighted by atomic mass is 35.5. The van der Waals surface area contributed by atoms with Crippen molar-refractivity contribution in [3.8, 4) is 0 Å². The molecule has 0 rings (SSSR count). The molecule has 0 aromatic carbocycles. The van der Waals surface area contributed by atoms with Gasteiger partial charge in [0.25, 0.3) is 0 Å². The molecule has 3 heteroatoms. The quantitative estimate of drug-likeness (QED) is 0.203. The van der Waals surface area contributed by atoms with E-state index in [0.29, 0.717) is 6.42 Å². The van der Waals surface area contributed by atoms with E-state index < -0.39 is 0 Å². The van der Waals surface area contributed by atoms with Crippen molar-refractivity contribution in [1.82, 2.24) is 0 Å². The molecular weight excluding hydrogens is 284 g/mol. The van der Waals surface area contributed by atoms with E-state index >= 15 is 0 Å². The van der Waals surface area contributed by atoms with Crippen LogP contribution in [-0.4, -0.2) is 18.5 Å². The first-order valence-electron chi connectivity index (χ1n) is 8.91. The van der Waals surface area contributed by atoms with Crippen molar-refractivity contribution >= 4 is 17.6 Å². The summed E-state index contributed by atoms with van der Waals surface area (Å²) in [5, 5.41) is -0.0550. The second kappa shape index (κ2) is 16.1. The Hall–Kier alpha value is -0.240. The molecule has 0 aliphatic carbocycles. The molecule has 1 unspecified atom stereocenters. The number of esters is 1. The lowest BCUT2D eigenvalue weighted by molar-refractivity contribution is -0.140. The number of ether oxygens (including phenoxy) is 1. The molecule has 1 atom stereocenters. The maximum atomic E-state index is 11.0. The van der Waals surface area contributed by atoms with Crippen LogP contribution in [-0.2, 0) is 9.53 Å². The summed E-state index contributed by atoms with van der Waals surface area (Å²) < 4.78 is 4.61. The Morgan fingerprint density at radius 2 is 1.29 bits per heavy atom. The van der Waals surface area contributed by atoms with E-state index in [9.17, 15) is 4.79 Å². The number of alkyl halides is 1. The van der Waals surface area contributed by atoms with Gasteiger partial charge in [-0.3, -0.25) is 4.79 Å². The standard InChI is InChI=1S/C18H35ClO2/c1-3-4-5-6-7-8-9-10-11-12-13-14-15-17(19)16-18(20)21-2/h17H,3-16H2,1-2H3. The number of carbonyl (C=O) groups is 1. The van der Waals surface area contributed by atoms with E-state index in [0.717, 1.165) is 12.8 Å². The van der Waals surface area contributed by atoms with Crippen molar-refractivity contribution < 1.29 is 9.53 Å². The fraction of sp³-hybridized carbons (Fsp3) is 0.944. The van der Waals surface area contributed by atoms with Gasteiger partial charge in [0.1, 0.15) is 0 Å². The van der Waals surface area contributed by atoms with Gasteiger partial charge in [-0.2, -0.15) is 0 Å². The minimum Gasteiger partial charge on any atom is -0.469 e. The second-order valence-corrected chi connectivity index (χ2v) is 6.67. The smallest absolute Gasteiger partial charge is 0.307 e. The fourth-order valence-electron chi connectivity index (χ4n) is 2.57. The molecule has 0 aliphatic heterocycles. The van der Waals surface area contributed by atoms with Crippen LogP contribution in [0.15, 0.2) is 0 Å². The van der Waals surface area contributed by atoms with Crippen molar-refractivity contribution in [3.63, 3.8) is 0 Å². The van der Waals surface area contributed by atoms with E-state index in [1.165, 1.54) is 77.7 Å². The van der Waals surface area contributed by atoms with Crippen LogP contribution in [0.3, 0.4) is 0 Å². The number of methoxy groups -OCH3 is 1. The summed E-state index contributed by atoms with van der Waals surface area (Å²) in [6.07, 6.45) is 17.5. The number of halogens is 1. The van der Waals surface area contributed by atoms with Gasteiger partial charge >= 0.3 is 5.97 Å². The molecule has 0 bridgehead atoms. The third-order valence-corrected chi connectivity index (χ3v) is 4.36. The summed E-state index contributed by atoms with van der Waals surface area (Å²) in [7, 11) is 1.41. The zero-order valence-corrected chi connectivity index (χ0v) is 14.9. The average molecular weight is 319 g/mol. The first-order chi connectivity index (χ1) is 10.2. The minimum atomic E-state index is -0.200. The van der Waals surface area contributed by atoms with E-state index in [-0.39, 0.29) is 11.3 Å². The van der Waals surface area contributed by atoms with Crippen molar-refractivity contribution in [2.45, 2.75) is 102 Å². The molecule has 2 nitrogen and oxygen atoms in total. The van der Waals surface area contributed by atoms with Gasteiger partial charge in [-0.15, -0.1) is 11.6 Å². The fourth-order valence-corrected chi connectivity index (χ4v) is 2.85. The molecule has 21 heavy (non-hydrogen) atoms. The molecular formula is C18H35ClO2. The Morgan fingerprint density at radius 3 is 1.71 bits per heavy atom. The molecule has 126 valence electrons. The Balaban J connectivity index is 3.13. The minimum absolute atomic E-state index is 0.0550. The van der Waals surface area contributed by atoms with Gasteiger partial charge in [0.05, 0.1) is 13.5 Å². The van der Waals surface area contributed by atoms with Gasteiger partial charge in [-0.25, -0.2) is 0 Å². The van der Waals surface area contributed by atoms with Crippen LogP contribution in [0.4, 0.5) is 0 Å². The molecule has 0 N–H and O–H groups in total. The predicted molar refractivity (Wildman–Crippen MR) is 92.0 cm³/mol. The van der Waals surface area contributed by atoms with Crippen LogP contribution in [0.1, 0.15) is 96.8 Å². The van der Waals surface area contributed by atoms with Crippen molar-refractivity contribution in [2.75, 3.05) is 7.11 Å². The van der Waals surface area contributed by atoms with Crippen molar-refractivity contribution in [2.24, 2.45) is 0 Å². The third-order valence-electron chi connectivity index (χ3n) is 3.99. The van der Waals surface area contributed by atoms with Gasteiger partial charge in [0.15, 0.2) is 0 Å². The monoisotopic (exact) mass is 318 g/mol. The van der Waals surface area contributed by atoms with Gasteiger partial charge in [0.2, 0.25) is 0 Å². The molecule has 0 spiro atoms. The first-order valence-corrected chi connectivity index (χ1v) is 9.35. The SMILES string of the molecule is CCCCCCCCCCCCCCC(Cl)CC(=O)OC. The number of hydrogen-bond acceptors (Lipinski definition) is 2. The lowest BCUT2D eigenvalue weighted by Crippen LogP contribution is -2.09. The molecule has 0 aromatic heterocycles. The largest absolute Gasteiger partial charge is 0.469 e. The molecule has 0 saturated heterocycles. The summed E-state index contributed by atoms with van der Waals surface area (Å²) in [5.41, 5.74) is 0. The summed E-state index contributed by atoms with van der Waals surface area (Å²) in [5.74, 6) is -0.200. The van der Waals surface area contributed by atoms with Gasteiger partial charge in [-0.05, 0) is 6.42 Å². The summed E-state index contributed by atoms with van der Waals surface area (Å²) >= 11 is 6.09. The predicted octanol–water partition coefficient (Wildman–Crippen LogP) is 6.25. The van der Waals surface area contributed by atoms with E-state index in [1.807, 2.05) is 0 Å². The van der Waals surface area contributed by atoms with Gasteiger partial charge < -0.3 is 4.74 Å². The average Bonchev–Trinajstić information content (AvgIpc) is 2.48. The zero-order chi connectivity index (χ0) is 15.8. The number of hydrogen-bond donors (Lipinski definition) is 0. The van der Waals surface area contributed by atoms with Crippen LogP contribution in [0.5, 0.6) is 0 Å². The van der Waals surface area contributed by atoms with Gasteiger partial charge in [-0.1, -0.05) is 84.0 Å². The van der Waals surface area contributed by atoms with Crippen LogP contribution in [0.25, 0.3) is 0 Å². The topological polar surface area (TPSA) is 26.3 Å². The normalized spacial score (nSPS) is 12.3. The summed E-state index contributed by atoms with van der Waals surface area (Å²) in [6.45, 7) is 2.27. The number of rotatable bonds is 15. The summed E-state index contributed by atoms with van der Waals surface area (Å²) in [6, 6.07) is 0.